The summed E-state index contributed by atoms with van der Waals surface area (Å²) in [7, 11) is 0. The third-order valence-corrected chi connectivity index (χ3v) is 5.62. The highest BCUT2D eigenvalue weighted by molar-refractivity contribution is 9.10. The van der Waals surface area contributed by atoms with E-state index in [-0.39, 0.29) is 0 Å². The van der Waals surface area contributed by atoms with Gasteiger partial charge in [0.25, 0.3) is 0 Å². The monoisotopic (exact) mass is 491 g/mol. The minimum atomic E-state index is -0.405. The van der Waals surface area contributed by atoms with Crippen LogP contribution in [-0.4, -0.2) is 17.2 Å². The van der Waals surface area contributed by atoms with Crippen LogP contribution < -0.4 is 10.2 Å². The fraction of sp³-hybridized carbons (Fsp3) is 0.0417. The summed E-state index contributed by atoms with van der Waals surface area (Å²) < 4.78 is 6.23. The van der Waals surface area contributed by atoms with E-state index in [1.54, 1.807) is 36.5 Å². The first-order chi connectivity index (χ1) is 15.1. The van der Waals surface area contributed by atoms with E-state index in [1.807, 2.05) is 23.6 Å². The molecule has 3 aromatic carbocycles. The number of nitrogens with one attached hydrogen (secondary N) is 1. The van der Waals surface area contributed by atoms with Crippen LogP contribution in [0.4, 0.5) is 5.13 Å². The SMILES string of the molecule is Cc1ccc(-c2csc(N/N=C/c3ccc(OC(=O)c4cccc(Br)c4)cc3)n2)cc1. The zero-order chi connectivity index (χ0) is 21.6. The summed E-state index contributed by atoms with van der Waals surface area (Å²) in [4.78, 5) is 16.8. The number of hydrazone groups is 1. The first kappa shape index (κ1) is 21.0. The number of hydrogen-bond donors (Lipinski definition) is 1. The Labute approximate surface area is 192 Å². The number of nitrogens with zero attached hydrogens (tertiary/aromatic N) is 2. The fourth-order valence-corrected chi connectivity index (χ4v) is 3.82. The molecule has 0 saturated carbocycles. The topological polar surface area (TPSA) is 63.6 Å². The van der Waals surface area contributed by atoms with Gasteiger partial charge in [0.1, 0.15) is 5.75 Å². The number of aromatic nitrogens is 1. The zero-order valence-electron chi connectivity index (χ0n) is 16.6. The summed E-state index contributed by atoms with van der Waals surface area (Å²) in [6.45, 7) is 2.06. The summed E-state index contributed by atoms with van der Waals surface area (Å²) in [5, 5.41) is 6.95. The molecule has 0 saturated heterocycles. The quantitative estimate of drug-likeness (QED) is 0.144. The highest BCUT2D eigenvalue weighted by atomic mass is 79.9. The third kappa shape index (κ3) is 5.65. The normalized spacial score (nSPS) is 10.9. The molecule has 0 bridgehead atoms. The van der Waals surface area contributed by atoms with Crippen LogP contribution in [0.3, 0.4) is 0 Å². The molecule has 0 aliphatic rings. The lowest BCUT2D eigenvalue weighted by Gasteiger charge is -2.05. The van der Waals surface area contributed by atoms with Crippen LogP contribution in [0.25, 0.3) is 11.3 Å². The number of hydrogen-bond acceptors (Lipinski definition) is 6. The van der Waals surface area contributed by atoms with Crippen LogP contribution in [0.1, 0.15) is 21.5 Å². The molecule has 1 aromatic heterocycles. The van der Waals surface area contributed by atoms with Gasteiger partial charge in [0.2, 0.25) is 5.13 Å². The summed E-state index contributed by atoms with van der Waals surface area (Å²) in [6, 6.07) is 22.5. The number of ether oxygens (including phenoxy) is 1. The van der Waals surface area contributed by atoms with Gasteiger partial charge in [-0.15, -0.1) is 11.3 Å². The van der Waals surface area contributed by atoms with Gasteiger partial charge in [-0.2, -0.15) is 5.10 Å². The van der Waals surface area contributed by atoms with Gasteiger partial charge in [0, 0.05) is 15.4 Å². The Morgan fingerprint density at radius 2 is 1.87 bits per heavy atom. The highest BCUT2D eigenvalue weighted by Gasteiger charge is 2.08. The smallest absolute Gasteiger partial charge is 0.343 e. The summed E-state index contributed by atoms with van der Waals surface area (Å²) >= 11 is 4.85. The second kappa shape index (κ2) is 9.68. The number of benzene rings is 3. The van der Waals surface area contributed by atoms with Crippen molar-refractivity contribution < 1.29 is 9.53 Å². The van der Waals surface area contributed by atoms with E-state index in [9.17, 15) is 4.79 Å². The van der Waals surface area contributed by atoms with Gasteiger partial charge in [-0.3, -0.25) is 5.43 Å². The summed E-state index contributed by atoms with van der Waals surface area (Å²) in [6.07, 6.45) is 1.69. The van der Waals surface area contributed by atoms with Crippen molar-refractivity contribution in [3.05, 3.63) is 99.3 Å². The van der Waals surface area contributed by atoms with E-state index >= 15 is 0 Å². The average molecular weight is 492 g/mol. The molecule has 1 N–H and O–H groups in total. The van der Waals surface area contributed by atoms with Crippen LogP contribution in [0.5, 0.6) is 5.75 Å². The van der Waals surface area contributed by atoms with E-state index in [1.165, 1.54) is 16.9 Å². The Balaban J connectivity index is 1.34. The van der Waals surface area contributed by atoms with Gasteiger partial charge in [-0.1, -0.05) is 51.8 Å². The molecule has 0 spiro atoms. The number of carbonyl (C=O) groups excluding carboxylic acids is 1. The fourth-order valence-electron chi connectivity index (χ4n) is 2.75. The van der Waals surface area contributed by atoms with Crippen molar-refractivity contribution >= 4 is 44.6 Å². The van der Waals surface area contributed by atoms with Gasteiger partial charge in [0.05, 0.1) is 17.5 Å². The van der Waals surface area contributed by atoms with Crippen LogP contribution in [0.2, 0.25) is 0 Å². The predicted octanol–water partition coefficient (Wildman–Crippen LogP) is 6.55. The third-order valence-electron chi connectivity index (χ3n) is 4.38. The minimum Gasteiger partial charge on any atom is -0.423 e. The van der Waals surface area contributed by atoms with E-state index in [0.717, 1.165) is 21.3 Å². The molecular weight excluding hydrogens is 474 g/mol. The maximum Gasteiger partial charge on any atom is 0.343 e. The lowest BCUT2D eigenvalue weighted by atomic mass is 10.1. The van der Waals surface area contributed by atoms with Crippen molar-refractivity contribution in [2.45, 2.75) is 6.92 Å². The first-order valence-corrected chi connectivity index (χ1v) is 11.1. The number of anilines is 1. The van der Waals surface area contributed by atoms with Crippen LogP contribution in [-0.2, 0) is 0 Å². The maximum atomic E-state index is 12.2. The van der Waals surface area contributed by atoms with Gasteiger partial charge < -0.3 is 4.74 Å². The molecule has 31 heavy (non-hydrogen) atoms. The molecule has 1 heterocycles. The number of rotatable bonds is 6. The molecule has 5 nitrogen and oxygen atoms in total. The van der Waals surface area contributed by atoms with E-state index in [2.05, 4.69) is 62.6 Å². The van der Waals surface area contributed by atoms with Crippen LogP contribution >= 0.6 is 27.3 Å². The Bertz CT molecular complexity index is 1220. The standard InChI is InChI=1S/C24H18BrN3O2S/c1-16-5-9-18(10-6-16)22-15-31-24(27-22)28-26-14-17-7-11-21(12-8-17)30-23(29)19-3-2-4-20(25)13-19/h2-15H,1H3,(H,27,28)/b26-14+. The Morgan fingerprint density at radius 1 is 1.10 bits per heavy atom. The van der Waals surface area contributed by atoms with Crippen molar-refractivity contribution in [3.8, 4) is 17.0 Å². The molecule has 4 aromatic rings. The molecule has 154 valence electrons. The highest BCUT2D eigenvalue weighted by Crippen LogP contribution is 2.25. The second-order valence-electron chi connectivity index (χ2n) is 6.74. The summed E-state index contributed by atoms with van der Waals surface area (Å²) in [5.41, 5.74) is 7.52. The second-order valence-corrected chi connectivity index (χ2v) is 8.52. The largest absolute Gasteiger partial charge is 0.423 e. The molecule has 0 radical (unpaired) electrons. The molecule has 0 aliphatic carbocycles. The van der Waals surface area contributed by atoms with E-state index in [0.29, 0.717) is 16.4 Å². The number of carbonyl (C=O) groups is 1. The molecular formula is C24H18BrN3O2S. The molecule has 0 atom stereocenters. The van der Waals surface area contributed by atoms with Crippen LogP contribution in [0, 0.1) is 6.92 Å². The molecule has 0 amide bonds. The predicted molar refractivity (Wildman–Crippen MR) is 129 cm³/mol. The Hall–Kier alpha value is -3.29. The van der Waals surface area contributed by atoms with Crippen molar-refractivity contribution in [2.24, 2.45) is 5.10 Å². The van der Waals surface area contributed by atoms with Crippen molar-refractivity contribution in [3.63, 3.8) is 0 Å². The van der Waals surface area contributed by atoms with E-state index in [4.69, 9.17) is 4.74 Å². The van der Waals surface area contributed by atoms with Crippen molar-refractivity contribution in [2.75, 3.05) is 5.43 Å². The molecule has 0 fully saturated rings. The number of aryl methyl sites for hydroxylation is 1. The van der Waals surface area contributed by atoms with Crippen molar-refractivity contribution in [1.82, 2.24) is 4.98 Å². The van der Waals surface area contributed by atoms with Crippen molar-refractivity contribution in [1.29, 1.82) is 0 Å². The lowest BCUT2D eigenvalue weighted by molar-refractivity contribution is 0.0734. The Morgan fingerprint density at radius 3 is 2.61 bits per heavy atom. The van der Waals surface area contributed by atoms with Gasteiger partial charge >= 0.3 is 5.97 Å². The van der Waals surface area contributed by atoms with Gasteiger partial charge in [-0.05, 0) is 55.0 Å². The molecule has 0 unspecified atom stereocenters. The number of esters is 1. The summed E-state index contributed by atoms with van der Waals surface area (Å²) in [5.74, 6) is 0.0651. The maximum absolute atomic E-state index is 12.2. The first-order valence-electron chi connectivity index (χ1n) is 9.46. The molecule has 4 rings (SSSR count). The van der Waals surface area contributed by atoms with Gasteiger partial charge in [0.15, 0.2) is 0 Å². The zero-order valence-corrected chi connectivity index (χ0v) is 19.0. The lowest BCUT2D eigenvalue weighted by Crippen LogP contribution is -2.08. The number of thiazole rings is 1. The van der Waals surface area contributed by atoms with Crippen LogP contribution in [0.15, 0.2) is 87.8 Å². The molecule has 0 aliphatic heterocycles. The Kier molecular flexibility index (Phi) is 6.54. The van der Waals surface area contributed by atoms with Gasteiger partial charge in [-0.25, -0.2) is 9.78 Å². The minimum absolute atomic E-state index is 0.405. The average Bonchev–Trinajstić information content (AvgIpc) is 3.24. The number of halogens is 1. The molecule has 7 heteroatoms. The van der Waals surface area contributed by atoms with E-state index < -0.39 is 5.97 Å².